The van der Waals surface area contributed by atoms with Crippen LogP contribution in [0.2, 0.25) is 0 Å². The topological polar surface area (TPSA) is 76.6 Å². The number of cyclic esters (lactones) is 1. The maximum absolute atomic E-state index is 12.7. The van der Waals surface area contributed by atoms with Gasteiger partial charge in [-0.3, -0.25) is 4.79 Å². The Balaban J connectivity index is 1.70. The quantitative estimate of drug-likeness (QED) is 0.741. The largest absolute Gasteiger partial charge is 0.465 e. The Labute approximate surface area is 147 Å². The molecule has 2 aliphatic rings. The summed E-state index contributed by atoms with van der Waals surface area (Å²) in [6, 6.07) is 3.31. The van der Waals surface area contributed by atoms with Gasteiger partial charge in [-0.2, -0.15) is 4.31 Å². The Morgan fingerprint density at radius 3 is 2.54 bits per heavy atom. The molecule has 1 aliphatic carbocycles. The lowest BCUT2D eigenvalue weighted by molar-refractivity contribution is -0.137. The average molecular weight is 370 g/mol. The van der Waals surface area contributed by atoms with Gasteiger partial charge in [-0.1, -0.05) is 31.0 Å². The fourth-order valence-corrected chi connectivity index (χ4v) is 5.42. The highest BCUT2D eigenvalue weighted by molar-refractivity contribution is 8.00. The highest BCUT2D eigenvalue weighted by Crippen LogP contribution is 2.30. The zero-order valence-corrected chi connectivity index (χ0v) is 15.3. The first-order valence-electron chi connectivity index (χ1n) is 8.26. The van der Waals surface area contributed by atoms with E-state index < -0.39 is 10.0 Å². The Morgan fingerprint density at radius 2 is 1.96 bits per heavy atom. The lowest BCUT2D eigenvalue weighted by Gasteiger charge is -2.30. The van der Waals surface area contributed by atoms with E-state index in [0.717, 1.165) is 25.7 Å². The molecule has 2 fully saturated rings. The fourth-order valence-electron chi connectivity index (χ4n) is 3.13. The van der Waals surface area contributed by atoms with Gasteiger partial charge in [-0.05, 0) is 25.0 Å². The average Bonchev–Trinajstić information content (AvgIpc) is 3.00. The summed E-state index contributed by atoms with van der Waals surface area (Å²) in [4.78, 5) is 15.9. The number of pyridine rings is 1. The van der Waals surface area contributed by atoms with Gasteiger partial charge in [0, 0.05) is 25.7 Å². The zero-order valence-electron chi connectivity index (χ0n) is 13.7. The van der Waals surface area contributed by atoms with E-state index in [1.165, 1.54) is 28.7 Å². The predicted molar refractivity (Wildman–Crippen MR) is 91.3 cm³/mol. The molecule has 1 aliphatic heterocycles. The Bertz CT molecular complexity index is 685. The SMILES string of the molecule is CN(C1CCCCC1)S(=O)(=O)c1ccc(SC2CCOC2=O)nc1. The summed E-state index contributed by atoms with van der Waals surface area (Å²) in [5.41, 5.74) is 0. The van der Waals surface area contributed by atoms with Crippen LogP contribution in [0.3, 0.4) is 0 Å². The highest BCUT2D eigenvalue weighted by atomic mass is 32.2. The summed E-state index contributed by atoms with van der Waals surface area (Å²) in [6.45, 7) is 0.440. The van der Waals surface area contributed by atoms with Crippen molar-refractivity contribution < 1.29 is 17.9 Å². The van der Waals surface area contributed by atoms with E-state index in [9.17, 15) is 13.2 Å². The molecule has 1 atom stereocenters. The van der Waals surface area contributed by atoms with Crippen LogP contribution >= 0.6 is 11.8 Å². The first-order chi connectivity index (χ1) is 11.5. The van der Waals surface area contributed by atoms with Crippen molar-refractivity contribution in [2.24, 2.45) is 0 Å². The number of sulfonamides is 1. The molecule has 24 heavy (non-hydrogen) atoms. The van der Waals surface area contributed by atoms with Gasteiger partial charge >= 0.3 is 5.97 Å². The molecule has 1 saturated carbocycles. The Morgan fingerprint density at radius 1 is 1.21 bits per heavy atom. The van der Waals surface area contributed by atoms with Crippen molar-refractivity contribution in [3.63, 3.8) is 0 Å². The first-order valence-corrected chi connectivity index (χ1v) is 10.6. The van der Waals surface area contributed by atoms with Crippen LogP contribution in [0.25, 0.3) is 0 Å². The number of carbonyl (C=O) groups is 1. The molecule has 0 amide bonds. The van der Waals surface area contributed by atoms with Gasteiger partial charge in [-0.25, -0.2) is 13.4 Å². The standard InChI is InChI=1S/C16H22N2O4S2/c1-18(12-5-3-2-4-6-12)24(20,21)13-7-8-15(17-11-13)23-14-9-10-22-16(14)19/h7-8,11-12,14H,2-6,9-10H2,1H3. The summed E-state index contributed by atoms with van der Waals surface area (Å²) >= 11 is 1.32. The molecule has 0 aromatic carbocycles. The number of rotatable bonds is 5. The number of aromatic nitrogens is 1. The monoisotopic (exact) mass is 370 g/mol. The molecule has 0 radical (unpaired) electrons. The van der Waals surface area contributed by atoms with Crippen molar-refractivity contribution in [2.45, 2.75) is 59.7 Å². The number of ether oxygens (including phenoxy) is 1. The molecule has 0 spiro atoms. The van der Waals surface area contributed by atoms with Gasteiger partial charge in [0.05, 0.1) is 11.6 Å². The molecule has 6 nitrogen and oxygen atoms in total. The lowest BCUT2D eigenvalue weighted by Crippen LogP contribution is -2.38. The Kier molecular flexibility index (Phi) is 5.46. The van der Waals surface area contributed by atoms with Crippen molar-refractivity contribution >= 4 is 27.8 Å². The molecule has 2 heterocycles. The van der Waals surface area contributed by atoms with Crippen LogP contribution in [-0.4, -0.2) is 48.6 Å². The number of nitrogens with zero attached hydrogens (tertiary/aromatic N) is 2. The molecular weight excluding hydrogens is 348 g/mol. The third-order valence-corrected chi connectivity index (χ3v) is 7.71. The fraction of sp³-hybridized carbons (Fsp3) is 0.625. The van der Waals surface area contributed by atoms with Crippen molar-refractivity contribution in [1.82, 2.24) is 9.29 Å². The second-order valence-electron chi connectivity index (χ2n) is 6.21. The Hall–Kier alpha value is -1.12. The molecule has 3 rings (SSSR count). The van der Waals surface area contributed by atoms with E-state index in [1.807, 2.05) is 0 Å². The molecule has 1 aromatic heterocycles. The molecular formula is C16H22N2O4S2. The summed E-state index contributed by atoms with van der Waals surface area (Å²) < 4.78 is 31.9. The lowest BCUT2D eigenvalue weighted by atomic mass is 9.96. The summed E-state index contributed by atoms with van der Waals surface area (Å²) in [5, 5.41) is 0.392. The van der Waals surface area contributed by atoms with Crippen LogP contribution in [-0.2, 0) is 19.6 Å². The molecule has 132 valence electrons. The second kappa shape index (κ2) is 7.41. The van der Waals surface area contributed by atoms with E-state index in [1.54, 1.807) is 19.2 Å². The summed E-state index contributed by atoms with van der Waals surface area (Å²) in [7, 11) is -1.87. The molecule has 1 aromatic rings. The molecule has 0 N–H and O–H groups in total. The van der Waals surface area contributed by atoms with Crippen LogP contribution < -0.4 is 0 Å². The van der Waals surface area contributed by atoms with Gasteiger partial charge in [0.15, 0.2) is 0 Å². The van der Waals surface area contributed by atoms with Crippen LogP contribution in [0.5, 0.6) is 0 Å². The van der Waals surface area contributed by atoms with Crippen molar-refractivity contribution in [1.29, 1.82) is 0 Å². The van der Waals surface area contributed by atoms with Gasteiger partial charge < -0.3 is 4.74 Å². The van der Waals surface area contributed by atoms with E-state index in [4.69, 9.17) is 4.74 Å². The maximum Gasteiger partial charge on any atom is 0.319 e. The zero-order chi connectivity index (χ0) is 17.2. The maximum atomic E-state index is 12.7. The smallest absolute Gasteiger partial charge is 0.319 e. The van der Waals surface area contributed by atoms with Crippen LogP contribution in [0, 0.1) is 0 Å². The number of esters is 1. The highest BCUT2D eigenvalue weighted by Gasteiger charge is 2.30. The number of hydrogen-bond donors (Lipinski definition) is 0. The number of thioether (sulfide) groups is 1. The number of hydrogen-bond acceptors (Lipinski definition) is 6. The predicted octanol–water partition coefficient (Wildman–Crippen LogP) is 2.44. The normalized spacial score (nSPS) is 22.8. The minimum atomic E-state index is -3.52. The van der Waals surface area contributed by atoms with Gasteiger partial charge in [0.2, 0.25) is 10.0 Å². The minimum absolute atomic E-state index is 0.0751. The summed E-state index contributed by atoms with van der Waals surface area (Å²) in [6.07, 6.45) is 7.22. The first kappa shape index (κ1) is 17.7. The van der Waals surface area contributed by atoms with Crippen molar-refractivity contribution in [3.8, 4) is 0 Å². The van der Waals surface area contributed by atoms with Crippen molar-refractivity contribution in [2.75, 3.05) is 13.7 Å². The number of carbonyl (C=O) groups excluding carboxylic acids is 1. The van der Waals surface area contributed by atoms with Crippen molar-refractivity contribution in [3.05, 3.63) is 18.3 Å². The van der Waals surface area contributed by atoms with Crippen LogP contribution in [0.4, 0.5) is 0 Å². The third kappa shape index (κ3) is 3.75. The summed E-state index contributed by atoms with van der Waals surface area (Å²) in [5.74, 6) is -0.226. The molecule has 1 unspecified atom stereocenters. The molecule has 0 bridgehead atoms. The van der Waals surface area contributed by atoms with Gasteiger partial charge in [0.25, 0.3) is 0 Å². The van der Waals surface area contributed by atoms with E-state index in [-0.39, 0.29) is 22.2 Å². The van der Waals surface area contributed by atoms with E-state index >= 15 is 0 Å². The third-order valence-electron chi connectivity index (χ3n) is 4.63. The van der Waals surface area contributed by atoms with E-state index in [0.29, 0.717) is 18.1 Å². The van der Waals surface area contributed by atoms with Gasteiger partial charge in [-0.15, -0.1) is 0 Å². The molecule has 8 heteroatoms. The van der Waals surface area contributed by atoms with Gasteiger partial charge in [0.1, 0.15) is 10.1 Å². The van der Waals surface area contributed by atoms with Crippen LogP contribution in [0.15, 0.2) is 28.3 Å². The van der Waals surface area contributed by atoms with Crippen LogP contribution in [0.1, 0.15) is 38.5 Å². The minimum Gasteiger partial charge on any atom is -0.465 e. The van der Waals surface area contributed by atoms with E-state index in [2.05, 4.69) is 4.98 Å². The molecule has 1 saturated heterocycles. The second-order valence-corrected chi connectivity index (χ2v) is 9.43.